The molecule has 0 atom stereocenters. The highest BCUT2D eigenvalue weighted by Crippen LogP contribution is 2.38. The molecule has 2 heterocycles. The molecule has 1 saturated carbocycles. The van der Waals surface area contributed by atoms with E-state index in [2.05, 4.69) is 11.4 Å². The molecule has 1 aromatic heterocycles. The van der Waals surface area contributed by atoms with Gasteiger partial charge in [-0.3, -0.25) is 9.79 Å². The van der Waals surface area contributed by atoms with Crippen molar-refractivity contribution in [1.82, 2.24) is 0 Å². The highest BCUT2D eigenvalue weighted by atomic mass is 35.5. The van der Waals surface area contributed by atoms with Crippen molar-refractivity contribution in [3.63, 3.8) is 0 Å². The number of carbonyl (C=O) groups excluding carboxylic acids is 1. The molecule has 1 aliphatic heterocycles. The Morgan fingerprint density at radius 1 is 1.21 bits per heavy atom. The first-order chi connectivity index (χ1) is 14.0. The minimum Gasteiger partial charge on any atom is -0.325 e. The van der Waals surface area contributed by atoms with Crippen LogP contribution in [0.2, 0.25) is 5.02 Å². The topological polar surface area (TPSA) is 53.8 Å². The average molecular weight is 450 g/mol. The van der Waals surface area contributed by atoms with Gasteiger partial charge in [0, 0.05) is 5.69 Å². The van der Waals surface area contributed by atoms with Crippen LogP contribution in [0.25, 0.3) is 0 Å². The zero-order chi connectivity index (χ0) is 20.3. The van der Waals surface area contributed by atoms with Gasteiger partial charge < -0.3 is 5.32 Å². The zero-order valence-electron chi connectivity index (χ0n) is 15.8. The molecule has 2 aliphatic rings. The number of hydrogen-bond acceptors (Lipinski definition) is 5. The summed E-state index contributed by atoms with van der Waals surface area (Å²) < 4.78 is 13.3. The van der Waals surface area contributed by atoms with Gasteiger partial charge in [-0.05, 0) is 55.3 Å². The third kappa shape index (κ3) is 4.90. The normalized spacial score (nSPS) is 18.3. The van der Waals surface area contributed by atoms with Gasteiger partial charge >= 0.3 is 0 Å². The second-order valence-corrected chi connectivity index (χ2v) is 9.54. The first-order valence-corrected chi connectivity index (χ1v) is 11.9. The summed E-state index contributed by atoms with van der Waals surface area (Å²) in [7, 11) is 0. The van der Waals surface area contributed by atoms with Crippen molar-refractivity contribution in [2.75, 3.05) is 11.1 Å². The van der Waals surface area contributed by atoms with Crippen LogP contribution in [0.5, 0.6) is 0 Å². The van der Waals surface area contributed by atoms with Gasteiger partial charge in [-0.2, -0.15) is 0 Å². The van der Waals surface area contributed by atoms with E-state index in [0.717, 1.165) is 41.3 Å². The fraction of sp³-hybridized carbons (Fsp3) is 0.381. The molecule has 1 aromatic carbocycles. The average Bonchev–Trinajstić information content (AvgIpc) is 3.28. The maximum atomic E-state index is 13.3. The summed E-state index contributed by atoms with van der Waals surface area (Å²) in [6.45, 7) is 0. The number of amides is 1. The number of aliphatic imine (C=N–C) groups is 2. The van der Waals surface area contributed by atoms with E-state index in [1.165, 1.54) is 42.8 Å². The zero-order valence-corrected chi connectivity index (χ0v) is 18.2. The van der Waals surface area contributed by atoms with Gasteiger partial charge in [-0.15, -0.1) is 11.3 Å². The quantitative estimate of drug-likeness (QED) is 0.607. The Kier molecular flexibility index (Phi) is 6.37. The van der Waals surface area contributed by atoms with E-state index in [9.17, 15) is 9.18 Å². The lowest BCUT2D eigenvalue weighted by Crippen LogP contribution is -2.20. The predicted octanol–water partition coefficient (Wildman–Crippen LogP) is 6.16. The standard InChI is InChI=1S/C21H21ClFN3OS2/c22-15-12-14(7-8-16(15)23)24-18(27)13-29-20-19(17-6-5-11-28-17)25-21(26-20)9-3-1-2-4-10-21/h5-8,11-12H,1-4,9-10,13H2,(H,24,27). The van der Waals surface area contributed by atoms with Crippen molar-refractivity contribution in [3.8, 4) is 0 Å². The second kappa shape index (κ2) is 8.98. The largest absolute Gasteiger partial charge is 0.325 e. The number of benzene rings is 1. The summed E-state index contributed by atoms with van der Waals surface area (Å²) in [6.07, 6.45) is 6.65. The number of thiophene rings is 1. The van der Waals surface area contributed by atoms with Crippen molar-refractivity contribution in [3.05, 3.63) is 51.4 Å². The summed E-state index contributed by atoms with van der Waals surface area (Å²) in [5, 5.41) is 5.61. The number of nitrogens with zero attached hydrogens (tertiary/aromatic N) is 2. The van der Waals surface area contributed by atoms with E-state index in [-0.39, 0.29) is 22.3 Å². The number of thioether (sulfide) groups is 1. The smallest absolute Gasteiger partial charge is 0.234 e. The number of carbonyl (C=O) groups is 1. The van der Waals surface area contributed by atoms with Gasteiger partial charge in [0.05, 0.1) is 15.7 Å². The van der Waals surface area contributed by atoms with Crippen LogP contribution < -0.4 is 5.32 Å². The lowest BCUT2D eigenvalue weighted by Gasteiger charge is -2.20. The SMILES string of the molecule is O=C(CSC1=NC2(CCCCCC2)N=C1c1cccs1)Nc1ccc(F)c(Cl)c1. The molecular weight excluding hydrogens is 429 g/mol. The Bertz CT molecular complexity index is 951. The van der Waals surface area contributed by atoms with E-state index in [1.807, 2.05) is 11.4 Å². The predicted molar refractivity (Wildman–Crippen MR) is 121 cm³/mol. The summed E-state index contributed by atoms with van der Waals surface area (Å²) in [5.74, 6) is -0.494. The molecule has 0 unspecified atom stereocenters. The minimum atomic E-state index is -0.509. The van der Waals surface area contributed by atoms with Crippen LogP contribution in [0.4, 0.5) is 10.1 Å². The van der Waals surface area contributed by atoms with Crippen molar-refractivity contribution in [2.24, 2.45) is 9.98 Å². The lowest BCUT2D eigenvalue weighted by atomic mass is 10.0. The fourth-order valence-electron chi connectivity index (χ4n) is 3.62. The maximum Gasteiger partial charge on any atom is 0.234 e. The highest BCUT2D eigenvalue weighted by Gasteiger charge is 2.37. The first kappa shape index (κ1) is 20.6. The molecule has 0 radical (unpaired) electrons. The van der Waals surface area contributed by atoms with E-state index < -0.39 is 5.82 Å². The van der Waals surface area contributed by atoms with E-state index in [0.29, 0.717) is 5.69 Å². The molecule has 1 amide bonds. The van der Waals surface area contributed by atoms with Gasteiger partial charge in [-0.1, -0.05) is 42.3 Å². The Hall–Kier alpha value is -1.70. The van der Waals surface area contributed by atoms with E-state index in [1.54, 1.807) is 11.3 Å². The third-order valence-electron chi connectivity index (χ3n) is 5.03. The molecule has 2 aromatic rings. The van der Waals surface area contributed by atoms with Gasteiger partial charge in [0.15, 0.2) is 5.66 Å². The molecule has 152 valence electrons. The minimum absolute atomic E-state index is 0.0157. The van der Waals surface area contributed by atoms with E-state index in [4.69, 9.17) is 21.6 Å². The molecular formula is C21H21ClFN3OS2. The molecule has 29 heavy (non-hydrogen) atoms. The number of rotatable bonds is 4. The molecule has 1 spiro atoms. The van der Waals surface area contributed by atoms with Gasteiger partial charge in [-0.25, -0.2) is 9.38 Å². The van der Waals surface area contributed by atoms with Crippen LogP contribution >= 0.6 is 34.7 Å². The molecule has 0 bridgehead atoms. The second-order valence-electron chi connectivity index (χ2n) is 7.22. The monoisotopic (exact) mass is 449 g/mol. The van der Waals surface area contributed by atoms with Crippen molar-refractivity contribution < 1.29 is 9.18 Å². The molecule has 1 N–H and O–H groups in total. The summed E-state index contributed by atoms with van der Waals surface area (Å²) >= 11 is 8.83. The van der Waals surface area contributed by atoms with Crippen molar-refractivity contribution in [2.45, 2.75) is 44.2 Å². The molecule has 1 aliphatic carbocycles. The summed E-state index contributed by atoms with van der Waals surface area (Å²) in [6, 6.07) is 8.20. The van der Waals surface area contributed by atoms with Crippen LogP contribution in [-0.4, -0.2) is 28.1 Å². The summed E-state index contributed by atoms with van der Waals surface area (Å²) in [5.41, 5.74) is 1.02. The van der Waals surface area contributed by atoms with Crippen LogP contribution in [-0.2, 0) is 4.79 Å². The number of hydrogen-bond donors (Lipinski definition) is 1. The highest BCUT2D eigenvalue weighted by molar-refractivity contribution is 8.16. The number of anilines is 1. The Balaban J connectivity index is 1.47. The van der Waals surface area contributed by atoms with Gasteiger partial charge in [0.1, 0.15) is 16.6 Å². The van der Waals surface area contributed by atoms with Crippen LogP contribution in [0, 0.1) is 5.82 Å². The Morgan fingerprint density at radius 2 is 2.00 bits per heavy atom. The summed E-state index contributed by atoms with van der Waals surface area (Å²) in [4.78, 5) is 23.6. The molecule has 1 fully saturated rings. The Labute approximate surface area is 182 Å². The molecule has 4 rings (SSSR count). The third-order valence-corrected chi connectivity index (χ3v) is 7.17. The van der Waals surface area contributed by atoms with Crippen molar-refractivity contribution in [1.29, 1.82) is 0 Å². The molecule has 4 nitrogen and oxygen atoms in total. The van der Waals surface area contributed by atoms with Crippen molar-refractivity contribution >= 4 is 57.0 Å². The fourth-order valence-corrected chi connectivity index (χ4v) is 5.45. The molecule has 8 heteroatoms. The van der Waals surface area contributed by atoms with Crippen LogP contribution in [0.15, 0.2) is 45.7 Å². The van der Waals surface area contributed by atoms with Crippen LogP contribution in [0.1, 0.15) is 43.4 Å². The number of halogens is 2. The van der Waals surface area contributed by atoms with Gasteiger partial charge in [0.25, 0.3) is 0 Å². The molecule has 0 saturated heterocycles. The van der Waals surface area contributed by atoms with Crippen LogP contribution in [0.3, 0.4) is 0 Å². The lowest BCUT2D eigenvalue weighted by molar-refractivity contribution is -0.113. The number of nitrogens with one attached hydrogen (secondary N) is 1. The maximum absolute atomic E-state index is 13.3. The van der Waals surface area contributed by atoms with E-state index >= 15 is 0 Å². The first-order valence-electron chi connectivity index (χ1n) is 9.66. The Morgan fingerprint density at radius 3 is 2.69 bits per heavy atom. The van der Waals surface area contributed by atoms with Gasteiger partial charge in [0.2, 0.25) is 5.91 Å².